The second kappa shape index (κ2) is 8.36. The Hall–Kier alpha value is -3.06. The lowest BCUT2D eigenvalue weighted by atomic mass is 10.0. The average Bonchev–Trinajstić information content (AvgIpc) is 2.93. The van der Waals surface area contributed by atoms with E-state index >= 15 is 0 Å². The molecule has 0 bridgehead atoms. The fourth-order valence-corrected chi connectivity index (χ4v) is 3.68. The Morgan fingerprint density at radius 1 is 1.17 bits per heavy atom. The van der Waals surface area contributed by atoms with Crippen LogP contribution in [0, 0.1) is 25.5 Å². The van der Waals surface area contributed by atoms with Crippen LogP contribution in [0.3, 0.4) is 0 Å². The van der Waals surface area contributed by atoms with Gasteiger partial charge in [-0.3, -0.25) is 9.88 Å². The van der Waals surface area contributed by atoms with Crippen molar-refractivity contribution in [3.63, 3.8) is 0 Å². The highest BCUT2D eigenvalue weighted by atomic mass is 19.1. The van der Waals surface area contributed by atoms with Crippen LogP contribution < -0.4 is 9.47 Å². The number of rotatable bonds is 4. The van der Waals surface area contributed by atoms with E-state index in [-0.39, 0.29) is 12.1 Å². The number of aryl methyl sites for hydroxylation is 2. The summed E-state index contributed by atoms with van der Waals surface area (Å²) in [6.45, 7) is 5.34. The molecule has 2 heterocycles. The number of ether oxygens (including phenoxy) is 2. The van der Waals surface area contributed by atoms with Gasteiger partial charge in [0.1, 0.15) is 18.2 Å². The van der Waals surface area contributed by atoms with Crippen LogP contribution in [-0.4, -0.2) is 35.1 Å². The molecule has 30 heavy (non-hydrogen) atoms. The Balaban J connectivity index is 1.72. The normalized spacial score (nSPS) is 14.0. The fourth-order valence-electron chi connectivity index (χ4n) is 3.68. The predicted molar refractivity (Wildman–Crippen MR) is 109 cm³/mol. The van der Waals surface area contributed by atoms with Crippen molar-refractivity contribution in [2.45, 2.75) is 26.9 Å². The molecule has 1 aliphatic heterocycles. The summed E-state index contributed by atoms with van der Waals surface area (Å²) in [6, 6.07) is 7.81. The molecule has 4 rings (SSSR count). The number of hydrogen-bond donors (Lipinski definition) is 0. The summed E-state index contributed by atoms with van der Waals surface area (Å²) in [7, 11) is 1.59. The van der Waals surface area contributed by atoms with E-state index in [1.165, 1.54) is 18.2 Å². The maximum Gasteiger partial charge on any atom is 0.165 e. The van der Waals surface area contributed by atoms with Gasteiger partial charge in [0.25, 0.3) is 0 Å². The molecule has 1 aromatic heterocycles. The molecule has 156 valence electrons. The third-order valence-corrected chi connectivity index (χ3v) is 5.19. The van der Waals surface area contributed by atoms with E-state index in [9.17, 15) is 8.78 Å². The number of aromatic nitrogens is 2. The van der Waals surface area contributed by atoms with E-state index < -0.39 is 11.6 Å². The molecule has 0 radical (unpaired) electrons. The standard InChI is InChI=1S/C23H23F2N3O2/c1-14-11-26-15(2)22(27-14)16-9-17-12-28(7-8-30-23(17)21(10-16)29-3)13-18-19(24)5-4-6-20(18)25/h4-6,9-11H,7-8,12-13H2,1-3H3. The Labute approximate surface area is 174 Å². The van der Waals surface area contributed by atoms with Crippen molar-refractivity contribution in [3.8, 4) is 22.8 Å². The quantitative estimate of drug-likeness (QED) is 0.635. The highest BCUT2D eigenvalue weighted by Gasteiger charge is 2.23. The lowest BCUT2D eigenvalue weighted by molar-refractivity contribution is 0.212. The van der Waals surface area contributed by atoms with Gasteiger partial charge in [0.15, 0.2) is 11.5 Å². The van der Waals surface area contributed by atoms with Gasteiger partial charge in [0.2, 0.25) is 0 Å². The fraction of sp³-hybridized carbons (Fsp3) is 0.304. The van der Waals surface area contributed by atoms with Gasteiger partial charge < -0.3 is 9.47 Å². The molecule has 1 aliphatic rings. The third kappa shape index (κ3) is 3.98. The Kier molecular flexibility index (Phi) is 5.63. The van der Waals surface area contributed by atoms with Crippen molar-refractivity contribution in [1.82, 2.24) is 14.9 Å². The largest absolute Gasteiger partial charge is 0.493 e. The zero-order chi connectivity index (χ0) is 21.3. The van der Waals surface area contributed by atoms with Crippen LogP contribution in [-0.2, 0) is 13.1 Å². The molecule has 2 aromatic carbocycles. The molecule has 0 atom stereocenters. The van der Waals surface area contributed by atoms with Crippen molar-refractivity contribution >= 4 is 0 Å². The van der Waals surface area contributed by atoms with Crippen LogP contribution in [0.15, 0.2) is 36.5 Å². The van der Waals surface area contributed by atoms with E-state index in [0.29, 0.717) is 31.2 Å². The zero-order valence-electron chi connectivity index (χ0n) is 17.2. The zero-order valence-corrected chi connectivity index (χ0v) is 17.2. The first-order chi connectivity index (χ1) is 14.5. The molecule has 0 amide bonds. The van der Waals surface area contributed by atoms with E-state index in [4.69, 9.17) is 9.47 Å². The van der Waals surface area contributed by atoms with Gasteiger partial charge in [-0.2, -0.15) is 0 Å². The van der Waals surface area contributed by atoms with Crippen molar-refractivity contribution in [1.29, 1.82) is 0 Å². The van der Waals surface area contributed by atoms with E-state index in [0.717, 1.165) is 28.2 Å². The van der Waals surface area contributed by atoms with Crippen LogP contribution in [0.1, 0.15) is 22.5 Å². The molecule has 0 spiro atoms. The summed E-state index contributed by atoms with van der Waals surface area (Å²) < 4.78 is 39.8. The predicted octanol–water partition coefficient (Wildman–Crippen LogP) is 4.44. The molecule has 0 fully saturated rings. The lowest BCUT2D eigenvalue weighted by Gasteiger charge is -2.20. The first kappa shape index (κ1) is 20.2. The molecule has 0 aliphatic carbocycles. The average molecular weight is 411 g/mol. The van der Waals surface area contributed by atoms with E-state index in [1.807, 2.05) is 30.9 Å². The maximum absolute atomic E-state index is 14.2. The Morgan fingerprint density at radius 3 is 2.67 bits per heavy atom. The smallest absolute Gasteiger partial charge is 0.165 e. The molecular weight excluding hydrogens is 388 g/mol. The monoisotopic (exact) mass is 411 g/mol. The van der Waals surface area contributed by atoms with Gasteiger partial charge in [0.05, 0.1) is 24.2 Å². The van der Waals surface area contributed by atoms with Crippen LogP contribution in [0.2, 0.25) is 0 Å². The van der Waals surface area contributed by atoms with E-state index in [2.05, 4.69) is 9.97 Å². The summed E-state index contributed by atoms with van der Waals surface area (Å²) in [5.74, 6) is 0.162. The van der Waals surface area contributed by atoms with Gasteiger partial charge >= 0.3 is 0 Å². The highest BCUT2D eigenvalue weighted by molar-refractivity contribution is 5.68. The number of fused-ring (bicyclic) bond motifs is 1. The van der Waals surface area contributed by atoms with Crippen molar-refractivity contribution < 1.29 is 18.3 Å². The molecule has 5 nitrogen and oxygen atoms in total. The SMILES string of the molecule is COc1cc(-c2nc(C)cnc2C)cc2c1OCCN(Cc1c(F)cccc1F)C2. The van der Waals surface area contributed by atoms with Crippen molar-refractivity contribution in [2.75, 3.05) is 20.3 Å². The van der Waals surface area contributed by atoms with Crippen LogP contribution in [0.5, 0.6) is 11.5 Å². The first-order valence-electron chi connectivity index (χ1n) is 9.76. The minimum atomic E-state index is -0.544. The van der Waals surface area contributed by atoms with Gasteiger partial charge in [-0.1, -0.05) is 6.07 Å². The lowest BCUT2D eigenvalue weighted by Crippen LogP contribution is -2.26. The van der Waals surface area contributed by atoms with Crippen molar-refractivity contribution in [3.05, 3.63) is 70.7 Å². The molecular formula is C23H23F2N3O2. The summed E-state index contributed by atoms with van der Waals surface area (Å²) >= 11 is 0. The maximum atomic E-state index is 14.2. The summed E-state index contributed by atoms with van der Waals surface area (Å²) in [6.07, 6.45) is 1.73. The minimum absolute atomic E-state index is 0.0597. The molecule has 3 aromatic rings. The molecule has 0 unspecified atom stereocenters. The van der Waals surface area contributed by atoms with Gasteiger partial charge in [-0.15, -0.1) is 0 Å². The van der Waals surface area contributed by atoms with Crippen molar-refractivity contribution in [2.24, 2.45) is 0 Å². The number of hydrogen-bond acceptors (Lipinski definition) is 5. The van der Waals surface area contributed by atoms with Gasteiger partial charge in [0, 0.05) is 42.5 Å². The minimum Gasteiger partial charge on any atom is -0.493 e. The number of methoxy groups -OCH3 is 1. The topological polar surface area (TPSA) is 47.5 Å². The molecule has 7 heteroatoms. The van der Waals surface area contributed by atoms with Crippen LogP contribution in [0.4, 0.5) is 8.78 Å². The molecule has 0 saturated carbocycles. The Morgan fingerprint density at radius 2 is 1.93 bits per heavy atom. The highest BCUT2D eigenvalue weighted by Crippen LogP contribution is 2.38. The van der Waals surface area contributed by atoms with Crippen LogP contribution >= 0.6 is 0 Å². The third-order valence-electron chi connectivity index (χ3n) is 5.19. The Bertz CT molecular complexity index is 1070. The van der Waals surface area contributed by atoms with Gasteiger partial charge in [-0.05, 0) is 38.1 Å². The molecule has 0 N–H and O–H groups in total. The number of benzene rings is 2. The molecule has 0 saturated heterocycles. The van der Waals surface area contributed by atoms with Gasteiger partial charge in [-0.25, -0.2) is 13.8 Å². The second-order valence-electron chi connectivity index (χ2n) is 7.37. The number of halogens is 2. The summed E-state index contributed by atoms with van der Waals surface area (Å²) in [5.41, 5.74) is 4.19. The first-order valence-corrected chi connectivity index (χ1v) is 9.76. The summed E-state index contributed by atoms with van der Waals surface area (Å²) in [5, 5.41) is 0. The second-order valence-corrected chi connectivity index (χ2v) is 7.37. The number of nitrogens with zero attached hydrogens (tertiary/aromatic N) is 3. The van der Waals surface area contributed by atoms with E-state index in [1.54, 1.807) is 13.3 Å². The summed E-state index contributed by atoms with van der Waals surface area (Å²) in [4.78, 5) is 11.0. The van der Waals surface area contributed by atoms with Crippen LogP contribution in [0.25, 0.3) is 11.3 Å².